The van der Waals surface area contributed by atoms with Crippen LogP contribution in [0.25, 0.3) is 21.8 Å². The van der Waals surface area contributed by atoms with E-state index in [-0.39, 0.29) is 0 Å². The van der Waals surface area contributed by atoms with E-state index in [1.807, 2.05) is 36.4 Å². The number of aromatic nitrogens is 1. The largest absolute Gasteiger partial charge is 0.382 e. The van der Waals surface area contributed by atoms with Gasteiger partial charge in [0.25, 0.3) is 0 Å². The molecule has 0 aliphatic heterocycles. The van der Waals surface area contributed by atoms with Crippen molar-refractivity contribution in [1.82, 2.24) is 4.98 Å². The topological polar surface area (TPSA) is 56.3 Å². The summed E-state index contributed by atoms with van der Waals surface area (Å²) in [5.41, 5.74) is 1.58. The lowest BCUT2D eigenvalue weighted by atomic mass is 10.1. The summed E-state index contributed by atoms with van der Waals surface area (Å²) in [7, 11) is -3.55. The van der Waals surface area contributed by atoms with E-state index >= 15 is 0 Å². The Morgan fingerprint density at radius 2 is 1.74 bits per heavy atom. The van der Waals surface area contributed by atoms with Crippen molar-refractivity contribution in [2.45, 2.75) is 0 Å². The van der Waals surface area contributed by atoms with Crippen LogP contribution in [0, 0.1) is 0 Å². The fourth-order valence-electron chi connectivity index (χ4n) is 2.01. The van der Waals surface area contributed by atoms with Crippen molar-refractivity contribution in [1.29, 1.82) is 0 Å². The van der Waals surface area contributed by atoms with Crippen molar-refractivity contribution in [3.05, 3.63) is 48.5 Å². The van der Waals surface area contributed by atoms with E-state index in [1.165, 1.54) is 0 Å². The van der Waals surface area contributed by atoms with Gasteiger partial charge in [0, 0.05) is 10.8 Å². The minimum Gasteiger partial charge on any atom is -0.382 e. The zero-order valence-corrected chi connectivity index (χ0v) is 11.0. The maximum absolute atomic E-state index is 11.3. The third-order valence-electron chi connectivity index (χ3n) is 2.76. The van der Waals surface area contributed by atoms with Crippen LogP contribution in [0.5, 0.6) is 5.75 Å². The van der Waals surface area contributed by atoms with Gasteiger partial charge in [-0.25, -0.2) is 4.98 Å². The first-order chi connectivity index (χ1) is 9.03. The van der Waals surface area contributed by atoms with Crippen molar-refractivity contribution in [2.75, 3.05) is 6.26 Å². The van der Waals surface area contributed by atoms with Gasteiger partial charge in [0.2, 0.25) is 0 Å². The summed E-state index contributed by atoms with van der Waals surface area (Å²) < 4.78 is 27.5. The predicted octanol–water partition coefficient (Wildman–Crippen LogP) is 2.73. The van der Waals surface area contributed by atoms with Crippen molar-refractivity contribution >= 4 is 31.9 Å². The van der Waals surface area contributed by atoms with Crippen molar-refractivity contribution < 1.29 is 12.6 Å². The highest BCUT2D eigenvalue weighted by molar-refractivity contribution is 7.86. The van der Waals surface area contributed by atoms with Crippen molar-refractivity contribution in [2.24, 2.45) is 0 Å². The second-order valence-electron chi connectivity index (χ2n) is 4.29. The third kappa shape index (κ3) is 2.37. The summed E-state index contributed by atoms with van der Waals surface area (Å²) >= 11 is 0. The Kier molecular flexibility index (Phi) is 2.64. The molecule has 0 saturated carbocycles. The first kappa shape index (κ1) is 11.9. The minimum absolute atomic E-state index is 0.304. The fourth-order valence-corrected chi connectivity index (χ4v) is 2.48. The summed E-state index contributed by atoms with van der Waals surface area (Å²) in [6, 6.07) is 14.7. The lowest BCUT2D eigenvalue weighted by molar-refractivity contribution is 0.495. The number of hydrogen-bond donors (Lipinski definition) is 0. The van der Waals surface area contributed by atoms with E-state index in [2.05, 4.69) is 4.98 Å². The highest BCUT2D eigenvalue weighted by Gasteiger charge is 2.09. The molecule has 0 aliphatic carbocycles. The number of rotatable bonds is 2. The SMILES string of the molecule is CS(=O)(=O)Oc1cccc2nc3ccccc3cc12. The third-order valence-corrected chi connectivity index (χ3v) is 3.24. The summed E-state index contributed by atoms with van der Waals surface area (Å²) in [5.74, 6) is 0.304. The second-order valence-corrected chi connectivity index (χ2v) is 5.87. The molecule has 0 radical (unpaired) electrons. The predicted molar refractivity (Wildman–Crippen MR) is 74.7 cm³/mol. The first-order valence-corrected chi connectivity index (χ1v) is 7.52. The molecule has 0 atom stereocenters. The number of nitrogens with zero attached hydrogens (tertiary/aromatic N) is 1. The van der Waals surface area contributed by atoms with Crippen LogP contribution >= 0.6 is 0 Å². The Morgan fingerprint density at radius 3 is 2.53 bits per heavy atom. The van der Waals surface area contributed by atoms with Crippen molar-refractivity contribution in [3.63, 3.8) is 0 Å². The second kappa shape index (κ2) is 4.20. The molecule has 0 amide bonds. The Labute approximate surface area is 110 Å². The molecule has 0 bridgehead atoms. The summed E-state index contributed by atoms with van der Waals surface area (Å²) in [4.78, 5) is 4.49. The first-order valence-electron chi connectivity index (χ1n) is 5.71. The van der Waals surface area contributed by atoms with Gasteiger partial charge in [0.05, 0.1) is 17.3 Å². The lowest BCUT2D eigenvalue weighted by Crippen LogP contribution is -2.06. The monoisotopic (exact) mass is 273 g/mol. The zero-order chi connectivity index (χ0) is 13.5. The lowest BCUT2D eigenvalue weighted by Gasteiger charge is -2.07. The van der Waals surface area contributed by atoms with Gasteiger partial charge in [-0.2, -0.15) is 8.42 Å². The van der Waals surface area contributed by atoms with Gasteiger partial charge in [-0.1, -0.05) is 24.3 Å². The molecule has 96 valence electrons. The molecule has 5 heteroatoms. The number of benzene rings is 2. The summed E-state index contributed by atoms with van der Waals surface area (Å²) in [6.07, 6.45) is 1.03. The normalized spacial score (nSPS) is 11.8. The molecular weight excluding hydrogens is 262 g/mol. The van der Waals surface area contributed by atoms with Gasteiger partial charge in [-0.15, -0.1) is 0 Å². The van der Waals surface area contributed by atoms with E-state index in [0.717, 1.165) is 17.2 Å². The minimum atomic E-state index is -3.55. The number of hydrogen-bond acceptors (Lipinski definition) is 4. The molecule has 19 heavy (non-hydrogen) atoms. The summed E-state index contributed by atoms with van der Waals surface area (Å²) in [6.45, 7) is 0. The Balaban J connectivity index is 2.32. The van der Waals surface area contributed by atoms with Crippen LogP contribution in [0.1, 0.15) is 0 Å². The van der Waals surface area contributed by atoms with E-state index in [9.17, 15) is 8.42 Å². The van der Waals surface area contributed by atoms with Crippen LogP contribution in [0.15, 0.2) is 48.5 Å². The maximum atomic E-state index is 11.3. The maximum Gasteiger partial charge on any atom is 0.306 e. The van der Waals surface area contributed by atoms with Gasteiger partial charge in [0.15, 0.2) is 5.75 Å². The standard InChI is InChI=1S/C14H11NO3S/c1-19(16,17)18-14-8-4-7-13-11(14)9-10-5-2-3-6-12(10)15-13/h2-9H,1H3. The molecule has 0 fully saturated rings. The Morgan fingerprint density at radius 1 is 1.00 bits per heavy atom. The van der Waals surface area contributed by atoms with Gasteiger partial charge < -0.3 is 4.18 Å². The molecule has 3 rings (SSSR count). The smallest absolute Gasteiger partial charge is 0.306 e. The van der Waals surface area contributed by atoms with Crippen LogP contribution in [0.4, 0.5) is 0 Å². The molecule has 0 spiro atoms. The number of pyridine rings is 1. The van der Waals surface area contributed by atoms with E-state index in [0.29, 0.717) is 16.7 Å². The van der Waals surface area contributed by atoms with Crippen LogP contribution in [-0.4, -0.2) is 19.7 Å². The van der Waals surface area contributed by atoms with Crippen LogP contribution < -0.4 is 4.18 Å². The van der Waals surface area contributed by atoms with Crippen LogP contribution in [-0.2, 0) is 10.1 Å². The highest BCUT2D eigenvalue weighted by atomic mass is 32.2. The fraction of sp³-hybridized carbons (Fsp3) is 0.0714. The molecule has 1 heterocycles. The number of fused-ring (bicyclic) bond motifs is 2. The number of para-hydroxylation sites is 1. The Hall–Kier alpha value is -2.14. The molecule has 0 unspecified atom stereocenters. The Bertz CT molecular complexity index is 872. The van der Waals surface area contributed by atoms with Gasteiger partial charge >= 0.3 is 10.1 Å². The van der Waals surface area contributed by atoms with Crippen LogP contribution in [0.3, 0.4) is 0 Å². The average Bonchev–Trinajstić information content (AvgIpc) is 2.35. The highest BCUT2D eigenvalue weighted by Crippen LogP contribution is 2.28. The molecule has 0 saturated heterocycles. The summed E-state index contributed by atoms with van der Waals surface area (Å²) in [5, 5.41) is 1.63. The zero-order valence-electron chi connectivity index (χ0n) is 10.2. The molecule has 0 aliphatic rings. The van der Waals surface area contributed by atoms with E-state index in [4.69, 9.17) is 4.18 Å². The quantitative estimate of drug-likeness (QED) is 0.532. The average molecular weight is 273 g/mol. The molecule has 4 nitrogen and oxygen atoms in total. The molecular formula is C14H11NO3S. The molecule has 1 aromatic heterocycles. The van der Waals surface area contributed by atoms with Crippen LogP contribution in [0.2, 0.25) is 0 Å². The van der Waals surface area contributed by atoms with E-state index < -0.39 is 10.1 Å². The molecule has 3 aromatic rings. The van der Waals surface area contributed by atoms with E-state index in [1.54, 1.807) is 12.1 Å². The van der Waals surface area contributed by atoms with Gasteiger partial charge in [-0.3, -0.25) is 0 Å². The van der Waals surface area contributed by atoms with Crippen molar-refractivity contribution in [3.8, 4) is 5.75 Å². The van der Waals surface area contributed by atoms with Gasteiger partial charge in [0.1, 0.15) is 0 Å². The molecule has 0 N–H and O–H groups in total. The van der Waals surface area contributed by atoms with Gasteiger partial charge in [-0.05, 0) is 24.3 Å². The molecule has 2 aromatic carbocycles.